The lowest BCUT2D eigenvalue weighted by atomic mass is 9.99. The van der Waals surface area contributed by atoms with Crippen LogP contribution in [0.25, 0.3) is 5.69 Å². The summed E-state index contributed by atoms with van der Waals surface area (Å²) in [5.41, 5.74) is 3.26. The maximum Gasteiger partial charge on any atom is 0.191 e. The summed E-state index contributed by atoms with van der Waals surface area (Å²) in [7, 11) is 0. The molecule has 7 nitrogen and oxygen atoms in total. The van der Waals surface area contributed by atoms with Gasteiger partial charge in [-0.1, -0.05) is 37.2 Å². The monoisotopic (exact) mass is 408 g/mol. The van der Waals surface area contributed by atoms with Crippen molar-refractivity contribution in [2.75, 3.05) is 13.1 Å². The predicted molar refractivity (Wildman–Crippen MR) is 120 cm³/mol. The molecule has 0 aliphatic rings. The van der Waals surface area contributed by atoms with E-state index >= 15 is 0 Å². The van der Waals surface area contributed by atoms with Crippen molar-refractivity contribution in [2.45, 2.75) is 52.5 Å². The second-order valence-corrected chi connectivity index (χ2v) is 7.23. The van der Waals surface area contributed by atoms with Crippen molar-refractivity contribution < 1.29 is 4.52 Å². The molecule has 30 heavy (non-hydrogen) atoms. The van der Waals surface area contributed by atoms with Gasteiger partial charge >= 0.3 is 0 Å². The van der Waals surface area contributed by atoms with E-state index in [9.17, 15) is 0 Å². The maximum atomic E-state index is 5.47. The Bertz CT molecular complexity index is 911. The third kappa shape index (κ3) is 5.95. The molecule has 1 aromatic carbocycles. The number of nitrogens with one attached hydrogen (secondary N) is 2. The summed E-state index contributed by atoms with van der Waals surface area (Å²) in [6.45, 7) is 8.44. The quantitative estimate of drug-likeness (QED) is 0.391. The average molecular weight is 409 g/mol. The molecule has 0 bridgehead atoms. The molecule has 0 saturated carbocycles. The molecule has 0 radical (unpaired) electrons. The Morgan fingerprint density at radius 3 is 2.67 bits per heavy atom. The molecule has 3 rings (SSSR count). The van der Waals surface area contributed by atoms with Gasteiger partial charge in [-0.3, -0.25) is 0 Å². The van der Waals surface area contributed by atoms with Crippen molar-refractivity contribution in [3.63, 3.8) is 0 Å². The van der Waals surface area contributed by atoms with Crippen LogP contribution in [-0.2, 0) is 13.0 Å². The van der Waals surface area contributed by atoms with Crippen LogP contribution in [0.3, 0.4) is 0 Å². The van der Waals surface area contributed by atoms with Crippen molar-refractivity contribution in [3.05, 3.63) is 65.8 Å². The third-order valence-corrected chi connectivity index (χ3v) is 5.08. The fraction of sp³-hybridized carbons (Fsp3) is 0.435. The highest BCUT2D eigenvalue weighted by atomic mass is 16.5. The van der Waals surface area contributed by atoms with Crippen LogP contribution >= 0.6 is 0 Å². The van der Waals surface area contributed by atoms with E-state index in [1.807, 2.05) is 47.3 Å². The number of aromatic nitrogens is 3. The molecule has 0 fully saturated rings. The van der Waals surface area contributed by atoms with Crippen molar-refractivity contribution in [2.24, 2.45) is 4.99 Å². The Balaban J connectivity index is 1.52. The van der Waals surface area contributed by atoms with Gasteiger partial charge in [0.1, 0.15) is 6.54 Å². The van der Waals surface area contributed by atoms with E-state index in [4.69, 9.17) is 4.52 Å². The minimum absolute atomic E-state index is 0.453. The van der Waals surface area contributed by atoms with Gasteiger partial charge in [0.15, 0.2) is 11.7 Å². The first-order valence-electron chi connectivity index (χ1n) is 10.8. The summed E-state index contributed by atoms with van der Waals surface area (Å²) >= 11 is 0. The number of hydrogen-bond acceptors (Lipinski definition) is 4. The first kappa shape index (κ1) is 21.6. The molecule has 0 atom stereocenters. The molecular formula is C23H32N6O. The maximum absolute atomic E-state index is 5.47. The first-order valence-corrected chi connectivity index (χ1v) is 10.8. The number of benzene rings is 1. The molecule has 0 spiro atoms. The van der Waals surface area contributed by atoms with Gasteiger partial charge < -0.3 is 15.2 Å². The Morgan fingerprint density at radius 1 is 1.13 bits per heavy atom. The van der Waals surface area contributed by atoms with Gasteiger partial charge in [0.05, 0.1) is 17.6 Å². The van der Waals surface area contributed by atoms with E-state index in [1.165, 1.54) is 5.56 Å². The smallest absolute Gasteiger partial charge is 0.191 e. The molecule has 0 saturated heterocycles. The van der Waals surface area contributed by atoms with Crippen LogP contribution in [0.2, 0.25) is 0 Å². The van der Waals surface area contributed by atoms with Crippen molar-refractivity contribution in [3.8, 4) is 5.69 Å². The number of hydrogen-bond donors (Lipinski definition) is 2. The van der Waals surface area contributed by atoms with Gasteiger partial charge in [-0.15, -0.1) is 0 Å². The highest BCUT2D eigenvalue weighted by Gasteiger charge is 2.12. The Kier molecular flexibility index (Phi) is 8.06. The molecule has 3 aromatic rings. The molecule has 0 unspecified atom stereocenters. The number of rotatable bonds is 10. The molecule has 7 heteroatoms. The minimum atomic E-state index is 0.453. The Labute approximate surface area is 178 Å². The van der Waals surface area contributed by atoms with E-state index in [1.54, 1.807) is 0 Å². The minimum Gasteiger partial charge on any atom is -0.359 e. The van der Waals surface area contributed by atoms with Gasteiger partial charge in [0.25, 0.3) is 0 Å². The van der Waals surface area contributed by atoms with Crippen LogP contribution in [0.15, 0.2) is 58.3 Å². The summed E-state index contributed by atoms with van der Waals surface area (Å²) in [5, 5.41) is 15.3. The van der Waals surface area contributed by atoms with Crippen molar-refractivity contribution in [1.29, 1.82) is 0 Å². The zero-order valence-corrected chi connectivity index (χ0v) is 18.1. The van der Waals surface area contributed by atoms with Crippen molar-refractivity contribution in [1.82, 2.24) is 25.6 Å². The second kappa shape index (κ2) is 11.2. The normalized spacial score (nSPS) is 11.8. The van der Waals surface area contributed by atoms with Crippen LogP contribution in [0.1, 0.15) is 56.5 Å². The largest absolute Gasteiger partial charge is 0.359 e. The highest BCUT2D eigenvalue weighted by Crippen LogP contribution is 2.22. The summed E-state index contributed by atoms with van der Waals surface area (Å²) in [5.74, 6) is 2.02. The summed E-state index contributed by atoms with van der Waals surface area (Å²) in [6.07, 6.45) is 6.97. The van der Waals surface area contributed by atoms with Crippen molar-refractivity contribution >= 4 is 5.96 Å². The molecule has 2 N–H and O–H groups in total. The fourth-order valence-corrected chi connectivity index (χ4v) is 3.34. The Hall–Kier alpha value is -3.09. The number of para-hydroxylation sites is 1. The zero-order valence-electron chi connectivity index (χ0n) is 18.1. The zero-order chi connectivity index (χ0) is 21.2. The van der Waals surface area contributed by atoms with E-state index in [0.29, 0.717) is 12.5 Å². The van der Waals surface area contributed by atoms with E-state index in [-0.39, 0.29) is 0 Å². The van der Waals surface area contributed by atoms with Crippen LogP contribution in [0.5, 0.6) is 0 Å². The Morgan fingerprint density at radius 2 is 1.93 bits per heavy atom. The molecule has 0 aliphatic carbocycles. The topological polar surface area (TPSA) is 80.3 Å². The van der Waals surface area contributed by atoms with Gasteiger partial charge in [0, 0.05) is 31.3 Å². The van der Waals surface area contributed by atoms with Gasteiger partial charge in [-0.2, -0.15) is 5.10 Å². The fourth-order valence-electron chi connectivity index (χ4n) is 3.34. The summed E-state index contributed by atoms with van der Waals surface area (Å²) < 4.78 is 7.37. The van der Waals surface area contributed by atoms with Gasteiger partial charge in [0.2, 0.25) is 0 Å². The number of guanidine groups is 1. The molecule has 2 aromatic heterocycles. The molecular weight excluding hydrogens is 376 g/mol. The standard InChI is InChI=1S/C23H32N6O/c1-4-19(5-2)22-14-21(30-28-22)16-26-23(24-6-3)25-13-12-18-15-27-29(17-18)20-10-8-7-9-11-20/h7-11,14-15,17,19H,4-6,12-13,16H2,1-3H3,(H2,24,25,26). The van der Waals surface area contributed by atoms with Gasteiger partial charge in [-0.25, -0.2) is 9.67 Å². The number of nitrogens with zero attached hydrogens (tertiary/aromatic N) is 4. The molecule has 0 amide bonds. The highest BCUT2D eigenvalue weighted by molar-refractivity contribution is 5.79. The predicted octanol–water partition coefficient (Wildman–Crippen LogP) is 4.06. The summed E-state index contributed by atoms with van der Waals surface area (Å²) in [4.78, 5) is 4.63. The molecule has 160 valence electrons. The third-order valence-electron chi connectivity index (χ3n) is 5.08. The van der Waals surface area contributed by atoms with Crippen LogP contribution in [0.4, 0.5) is 0 Å². The second-order valence-electron chi connectivity index (χ2n) is 7.23. The summed E-state index contributed by atoms with van der Waals surface area (Å²) in [6, 6.07) is 12.2. The van der Waals surface area contributed by atoms with E-state index < -0.39 is 0 Å². The molecule has 0 aliphatic heterocycles. The lowest BCUT2D eigenvalue weighted by molar-refractivity contribution is 0.372. The lowest BCUT2D eigenvalue weighted by Crippen LogP contribution is -2.38. The van der Waals surface area contributed by atoms with Gasteiger partial charge in [-0.05, 0) is 43.9 Å². The first-order chi connectivity index (χ1) is 14.7. The lowest BCUT2D eigenvalue weighted by Gasteiger charge is -2.10. The average Bonchev–Trinajstić information content (AvgIpc) is 3.44. The van der Waals surface area contributed by atoms with E-state index in [2.05, 4.69) is 52.8 Å². The van der Waals surface area contributed by atoms with Crippen LogP contribution < -0.4 is 10.6 Å². The van der Waals surface area contributed by atoms with Crippen LogP contribution in [0, 0.1) is 0 Å². The molecule has 2 heterocycles. The number of aliphatic imine (C=N–C) groups is 1. The SMILES string of the molecule is CCNC(=NCc1cc(C(CC)CC)no1)NCCc1cnn(-c2ccccc2)c1. The van der Waals surface area contributed by atoms with Crippen LogP contribution in [-0.4, -0.2) is 34.0 Å². The van der Waals surface area contributed by atoms with E-state index in [0.717, 1.165) is 55.5 Å².